The van der Waals surface area contributed by atoms with Gasteiger partial charge in [0, 0.05) is 31.7 Å². The Balaban J connectivity index is 1.56. The van der Waals surface area contributed by atoms with E-state index in [4.69, 9.17) is 0 Å². The molecule has 1 aliphatic heterocycles. The van der Waals surface area contributed by atoms with Gasteiger partial charge in [0.15, 0.2) is 5.78 Å². The van der Waals surface area contributed by atoms with Crippen LogP contribution >= 0.6 is 0 Å². The summed E-state index contributed by atoms with van der Waals surface area (Å²) in [5, 5.41) is 0. The third-order valence-corrected chi connectivity index (χ3v) is 6.89. The van der Waals surface area contributed by atoms with Crippen molar-refractivity contribution in [2.45, 2.75) is 19.6 Å². The zero-order chi connectivity index (χ0) is 19.4. The molecule has 0 N–H and O–H groups in total. The summed E-state index contributed by atoms with van der Waals surface area (Å²) in [4.78, 5) is 14.4. The average molecular weight is 387 g/mol. The maximum Gasteiger partial charge on any atom is 0.218 e. The summed E-state index contributed by atoms with van der Waals surface area (Å²) in [6, 6.07) is 15.1. The summed E-state index contributed by atoms with van der Waals surface area (Å²) in [7, 11) is -3.35. The number of sulfonamides is 1. The molecule has 0 spiro atoms. The largest absolute Gasteiger partial charge is 0.293 e. The Hall–Kier alpha value is -2.02. The van der Waals surface area contributed by atoms with E-state index in [1.54, 1.807) is 4.31 Å². The van der Waals surface area contributed by atoms with Gasteiger partial charge in [0.25, 0.3) is 0 Å². The first-order valence-electron chi connectivity index (χ1n) is 9.20. The number of ketones is 1. The van der Waals surface area contributed by atoms with Gasteiger partial charge >= 0.3 is 0 Å². The Morgan fingerprint density at radius 1 is 0.926 bits per heavy atom. The molecular formula is C21H26N2O3S. The van der Waals surface area contributed by atoms with Crippen LogP contribution < -0.4 is 0 Å². The summed E-state index contributed by atoms with van der Waals surface area (Å²) in [6.07, 6.45) is 0. The van der Waals surface area contributed by atoms with E-state index in [0.29, 0.717) is 38.3 Å². The van der Waals surface area contributed by atoms with E-state index in [0.717, 1.165) is 16.7 Å². The first kappa shape index (κ1) is 19.7. The van der Waals surface area contributed by atoms with E-state index >= 15 is 0 Å². The minimum atomic E-state index is -3.35. The standard InChI is InChI=1S/C21H26N2O3S/c1-17-7-9-19(10-8-17)21(24)15-22-11-13-23(14-12-22)27(25,26)16-20-6-4-3-5-18(20)2/h3-10H,11-16H2,1-2H3. The van der Waals surface area contributed by atoms with E-state index < -0.39 is 10.0 Å². The van der Waals surface area contributed by atoms with E-state index in [2.05, 4.69) is 0 Å². The van der Waals surface area contributed by atoms with Crippen molar-refractivity contribution in [1.82, 2.24) is 9.21 Å². The van der Waals surface area contributed by atoms with Crippen LogP contribution in [0.3, 0.4) is 0 Å². The van der Waals surface area contributed by atoms with Gasteiger partial charge in [-0.3, -0.25) is 9.69 Å². The van der Waals surface area contributed by atoms with Gasteiger partial charge in [-0.05, 0) is 25.0 Å². The van der Waals surface area contributed by atoms with Crippen molar-refractivity contribution in [3.8, 4) is 0 Å². The molecule has 0 bridgehead atoms. The Morgan fingerprint density at radius 2 is 1.56 bits per heavy atom. The Kier molecular flexibility index (Phi) is 6.09. The number of piperazine rings is 1. The third-order valence-electron chi connectivity index (χ3n) is 5.06. The lowest BCUT2D eigenvalue weighted by Gasteiger charge is -2.33. The molecule has 0 saturated carbocycles. The second kappa shape index (κ2) is 8.33. The Bertz CT molecular complexity index is 899. The molecule has 0 aliphatic carbocycles. The van der Waals surface area contributed by atoms with E-state index in [9.17, 15) is 13.2 Å². The summed E-state index contributed by atoms with van der Waals surface area (Å²) in [6.45, 7) is 6.25. The van der Waals surface area contributed by atoms with Gasteiger partial charge in [-0.25, -0.2) is 8.42 Å². The van der Waals surface area contributed by atoms with Gasteiger partial charge in [-0.15, -0.1) is 0 Å². The maximum atomic E-state index is 12.7. The van der Waals surface area contributed by atoms with Crippen LogP contribution in [0.4, 0.5) is 0 Å². The van der Waals surface area contributed by atoms with Gasteiger partial charge in [-0.1, -0.05) is 54.1 Å². The van der Waals surface area contributed by atoms with Crippen molar-refractivity contribution < 1.29 is 13.2 Å². The van der Waals surface area contributed by atoms with Crippen molar-refractivity contribution in [2.75, 3.05) is 32.7 Å². The highest BCUT2D eigenvalue weighted by atomic mass is 32.2. The monoisotopic (exact) mass is 386 g/mol. The Morgan fingerprint density at radius 3 is 2.19 bits per heavy atom. The lowest BCUT2D eigenvalue weighted by molar-refractivity contribution is 0.0901. The summed E-state index contributed by atoms with van der Waals surface area (Å²) in [5.74, 6) is 0.105. The molecule has 0 aromatic heterocycles. The van der Waals surface area contributed by atoms with Crippen LogP contribution in [0, 0.1) is 13.8 Å². The van der Waals surface area contributed by atoms with Gasteiger partial charge in [-0.2, -0.15) is 4.31 Å². The van der Waals surface area contributed by atoms with Crippen LogP contribution in [0.2, 0.25) is 0 Å². The van der Waals surface area contributed by atoms with Gasteiger partial charge < -0.3 is 0 Å². The fraction of sp³-hybridized carbons (Fsp3) is 0.381. The smallest absolute Gasteiger partial charge is 0.218 e. The van der Waals surface area contributed by atoms with Crippen LogP contribution in [0.5, 0.6) is 0 Å². The van der Waals surface area contributed by atoms with Crippen molar-refractivity contribution in [1.29, 1.82) is 0 Å². The molecule has 6 heteroatoms. The molecule has 0 amide bonds. The van der Waals surface area contributed by atoms with Gasteiger partial charge in [0.05, 0.1) is 12.3 Å². The van der Waals surface area contributed by atoms with Crippen LogP contribution in [0.15, 0.2) is 48.5 Å². The van der Waals surface area contributed by atoms with E-state index in [-0.39, 0.29) is 11.5 Å². The first-order valence-corrected chi connectivity index (χ1v) is 10.8. The fourth-order valence-electron chi connectivity index (χ4n) is 3.26. The molecule has 0 unspecified atom stereocenters. The lowest BCUT2D eigenvalue weighted by atomic mass is 10.1. The SMILES string of the molecule is Cc1ccc(C(=O)CN2CCN(S(=O)(=O)Cc3ccccc3C)CC2)cc1. The topological polar surface area (TPSA) is 57.7 Å². The van der Waals surface area contributed by atoms with Crippen molar-refractivity contribution in [3.05, 3.63) is 70.8 Å². The van der Waals surface area contributed by atoms with Gasteiger partial charge in [0.1, 0.15) is 0 Å². The zero-order valence-corrected chi connectivity index (χ0v) is 16.7. The molecule has 1 fully saturated rings. The number of aryl methyl sites for hydroxylation is 2. The minimum Gasteiger partial charge on any atom is -0.293 e. The normalized spacial score (nSPS) is 16.4. The predicted octanol–water partition coefficient (Wildman–Crippen LogP) is 2.63. The molecule has 1 heterocycles. The average Bonchev–Trinajstić information content (AvgIpc) is 2.64. The molecule has 0 atom stereocenters. The van der Waals surface area contributed by atoms with Crippen molar-refractivity contribution in [3.63, 3.8) is 0 Å². The fourth-order valence-corrected chi connectivity index (χ4v) is 4.88. The molecule has 3 rings (SSSR count). The molecule has 2 aromatic rings. The molecule has 0 radical (unpaired) electrons. The second-order valence-corrected chi connectivity index (χ2v) is 9.12. The van der Waals surface area contributed by atoms with Crippen molar-refractivity contribution >= 4 is 15.8 Å². The number of benzene rings is 2. The van der Waals surface area contributed by atoms with Crippen LogP contribution in [0.25, 0.3) is 0 Å². The number of hydrogen-bond acceptors (Lipinski definition) is 4. The summed E-state index contributed by atoms with van der Waals surface area (Å²) in [5.41, 5.74) is 3.66. The number of nitrogens with zero attached hydrogens (tertiary/aromatic N) is 2. The number of Topliss-reactive ketones (excluding diaryl/α,β-unsaturated/α-hetero) is 1. The molecule has 1 saturated heterocycles. The summed E-state index contributed by atoms with van der Waals surface area (Å²) < 4.78 is 27.0. The summed E-state index contributed by atoms with van der Waals surface area (Å²) >= 11 is 0. The molecule has 5 nitrogen and oxygen atoms in total. The van der Waals surface area contributed by atoms with Crippen LogP contribution in [0.1, 0.15) is 27.0 Å². The lowest BCUT2D eigenvalue weighted by Crippen LogP contribution is -2.50. The molecule has 2 aromatic carbocycles. The quantitative estimate of drug-likeness (QED) is 0.716. The highest BCUT2D eigenvalue weighted by Gasteiger charge is 2.28. The van der Waals surface area contributed by atoms with Gasteiger partial charge in [0.2, 0.25) is 10.0 Å². The number of hydrogen-bond donors (Lipinski definition) is 0. The predicted molar refractivity (Wildman–Crippen MR) is 107 cm³/mol. The van der Waals surface area contributed by atoms with Crippen LogP contribution in [-0.2, 0) is 15.8 Å². The zero-order valence-electron chi connectivity index (χ0n) is 15.9. The van der Waals surface area contributed by atoms with E-state index in [1.165, 1.54) is 0 Å². The number of rotatable bonds is 6. The number of carbonyl (C=O) groups is 1. The molecule has 144 valence electrons. The first-order chi connectivity index (χ1) is 12.8. The van der Waals surface area contributed by atoms with Crippen LogP contribution in [-0.4, -0.2) is 56.1 Å². The maximum absolute atomic E-state index is 12.7. The molecule has 27 heavy (non-hydrogen) atoms. The molecule has 1 aliphatic rings. The number of carbonyl (C=O) groups excluding carboxylic acids is 1. The Labute approximate surface area is 161 Å². The third kappa shape index (κ3) is 5.03. The highest BCUT2D eigenvalue weighted by molar-refractivity contribution is 7.88. The minimum absolute atomic E-state index is 0.0297. The van der Waals surface area contributed by atoms with Crippen molar-refractivity contribution in [2.24, 2.45) is 0 Å². The second-order valence-electron chi connectivity index (χ2n) is 7.15. The highest BCUT2D eigenvalue weighted by Crippen LogP contribution is 2.16. The van der Waals surface area contributed by atoms with E-state index in [1.807, 2.05) is 67.3 Å². The molecular weight excluding hydrogens is 360 g/mol.